The summed E-state index contributed by atoms with van der Waals surface area (Å²) < 4.78 is 5.57. The molecule has 0 unspecified atom stereocenters. The van der Waals surface area contributed by atoms with Gasteiger partial charge in [-0.2, -0.15) is 0 Å². The molecule has 7 heteroatoms. The van der Waals surface area contributed by atoms with Gasteiger partial charge in [-0.1, -0.05) is 48.3 Å². The van der Waals surface area contributed by atoms with Crippen LogP contribution in [0.2, 0.25) is 0 Å². The molecule has 1 heterocycles. The van der Waals surface area contributed by atoms with Crippen molar-refractivity contribution in [2.75, 3.05) is 6.61 Å². The largest absolute Gasteiger partial charge is 0.482 e. The van der Waals surface area contributed by atoms with Crippen molar-refractivity contribution in [2.24, 2.45) is 0 Å². The van der Waals surface area contributed by atoms with Crippen LogP contribution < -0.4 is 10.1 Å². The van der Waals surface area contributed by atoms with Crippen LogP contribution in [0, 0.1) is 0 Å². The average Bonchev–Trinajstić information content (AvgIpc) is 2.82. The fraction of sp³-hybridized carbons (Fsp3) is 0.133. The van der Waals surface area contributed by atoms with Gasteiger partial charge >= 0.3 is 5.97 Å². The molecule has 2 N–H and O–H groups in total. The summed E-state index contributed by atoms with van der Waals surface area (Å²) in [6.07, 6.45) is 3.64. The quantitative estimate of drug-likeness (QED) is 0.636. The number of allylic oxidation sites excluding steroid dienone is 2. The summed E-state index contributed by atoms with van der Waals surface area (Å²) in [4.78, 5) is 22.7. The molecular formula is C15H13NO4S2. The second-order valence-corrected chi connectivity index (χ2v) is 6.13. The molecule has 0 spiro atoms. The molecule has 1 saturated heterocycles. The molecule has 0 bridgehead atoms. The van der Waals surface area contributed by atoms with Gasteiger partial charge in [0.05, 0.1) is 4.91 Å². The maximum atomic E-state index is 11.7. The zero-order chi connectivity index (χ0) is 16.1. The highest BCUT2D eigenvalue weighted by atomic mass is 32.2. The third-order valence-electron chi connectivity index (χ3n) is 2.72. The molecule has 22 heavy (non-hydrogen) atoms. The van der Waals surface area contributed by atoms with E-state index in [9.17, 15) is 9.59 Å². The van der Waals surface area contributed by atoms with E-state index in [0.29, 0.717) is 15.0 Å². The van der Waals surface area contributed by atoms with Gasteiger partial charge in [0.25, 0.3) is 5.91 Å². The van der Waals surface area contributed by atoms with Crippen LogP contribution in [0.25, 0.3) is 6.08 Å². The molecule has 1 amide bonds. The number of carboxylic acid groups (broad SMARTS) is 1. The lowest BCUT2D eigenvalue weighted by Gasteiger charge is -2.03. The minimum Gasteiger partial charge on any atom is -0.482 e. The van der Waals surface area contributed by atoms with Gasteiger partial charge in [-0.05, 0) is 30.2 Å². The lowest BCUT2D eigenvalue weighted by molar-refractivity contribution is -0.139. The Labute approximate surface area is 137 Å². The lowest BCUT2D eigenvalue weighted by Crippen LogP contribution is -2.18. The smallest absolute Gasteiger partial charge is 0.341 e. The van der Waals surface area contributed by atoms with Gasteiger partial charge in [0, 0.05) is 0 Å². The summed E-state index contributed by atoms with van der Waals surface area (Å²) in [7, 11) is 0. The number of hydrogen-bond acceptors (Lipinski definition) is 5. The number of thiocarbonyl (C=S) groups is 1. The molecule has 5 nitrogen and oxygen atoms in total. The first-order chi connectivity index (χ1) is 10.5. The number of ether oxygens (including phenoxy) is 1. The number of amides is 1. The Kier molecular flexibility index (Phi) is 5.35. The molecule has 1 aliphatic heterocycles. The van der Waals surface area contributed by atoms with Crippen molar-refractivity contribution in [1.29, 1.82) is 0 Å². The molecule has 1 aromatic carbocycles. The number of carbonyl (C=O) groups excluding carboxylic acids is 1. The van der Waals surface area contributed by atoms with E-state index in [-0.39, 0.29) is 12.5 Å². The normalized spacial score (nSPS) is 16.8. The van der Waals surface area contributed by atoms with Crippen molar-refractivity contribution in [3.05, 3.63) is 46.4 Å². The van der Waals surface area contributed by atoms with E-state index in [1.807, 2.05) is 25.1 Å². The van der Waals surface area contributed by atoms with Crippen LogP contribution in [0.4, 0.5) is 0 Å². The summed E-state index contributed by atoms with van der Waals surface area (Å²) in [5.74, 6) is -0.735. The molecule has 1 aromatic rings. The van der Waals surface area contributed by atoms with Crippen LogP contribution >= 0.6 is 24.0 Å². The first-order valence-corrected chi connectivity index (χ1v) is 7.55. The van der Waals surface area contributed by atoms with E-state index >= 15 is 0 Å². The summed E-state index contributed by atoms with van der Waals surface area (Å²) >= 11 is 6.19. The number of aliphatic carboxylic acids is 1. The average molecular weight is 335 g/mol. The second-order valence-electron chi connectivity index (χ2n) is 4.44. The van der Waals surface area contributed by atoms with E-state index in [2.05, 4.69) is 5.32 Å². The number of benzene rings is 1. The Morgan fingerprint density at radius 3 is 2.91 bits per heavy atom. The van der Waals surface area contributed by atoms with Gasteiger partial charge in [0.1, 0.15) is 10.1 Å². The van der Waals surface area contributed by atoms with Gasteiger partial charge in [-0.25, -0.2) is 4.79 Å². The zero-order valence-corrected chi connectivity index (χ0v) is 13.3. The molecule has 0 saturated carbocycles. The van der Waals surface area contributed by atoms with E-state index in [0.717, 1.165) is 11.1 Å². The van der Waals surface area contributed by atoms with Crippen molar-refractivity contribution in [3.63, 3.8) is 0 Å². The number of hydrogen-bond donors (Lipinski definition) is 2. The number of thioether (sulfide) groups is 1. The van der Waals surface area contributed by atoms with Crippen LogP contribution in [-0.2, 0) is 9.59 Å². The predicted molar refractivity (Wildman–Crippen MR) is 89.6 cm³/mol. The molecule has 0 radical (unpaired) electrons. The number of nitrogens with one attached hydrogen (secondary N) is 1. The predicted octanol–water partition coefficient (Wildman–Crippen LogP) is 2.59. The Hall–Kier alpha value is -2.12. The van der Waals surface area contributed by atoms with Gasteiger partial charge in [-0.15, -0.1) is 0 Å². The number of carbonyl (C=O) groups is 2. The minimum absolute atomic E-state index is 0.185. The van der Waals surface area contributed by atoms with Crippen molar-refractivity contribution in [2.45, 2.75) is 6.92 Å². The number of rotatable bonds is 5. The van der Waals surface area contributed by atoms with Crippen LogP contribution in [0.1, 0.15) is 12.5 Å². The Bertz CT molecular complexity index is 695. The monoisotopic (exact) mass is 335 g/mol. The molecular weight excluding hydrogens is 322 g/mol. The van der Waals surface area contributed by atoms with Crippen LogP contribution in [0.3, 0.4) is 0 Å². The van der Waals surface area contributed by atoms with Crippen LogP contribution in [0.15, 0.2) is 40.8 Å². The third-order valence-corrected chi connectivity index (χ3v) is 4.07. The molecule has 1 fully saturated rings. The van der Waals surface area contributed by atoms with Gasteiger partial charge in [0.15, 0.2) is 6.61 Å². The van der Waals surface area contributed by atoms with Crippen LogP contribution in [0.5, 0.6) is 5.75 Å². The number of carboxylic acids is 1. The highest BCUT2D eigenvalue weighted by Gasteiger charge is 2.23. The summed E-state index contributed by atoms with van der Waals surface area (Å²) in [5.41, 5.74) is 1.65. The fourth-order valence-corrected chi connectivity index (χ4v) is 2.77. The molecule has 0 aliphatic carbocycles. The molecule has 0 aromatic heterocycles. The summed E-state index contributed by atoms with van der Waals surface area (Å²) in [6, 6.07) is 7.04. The Balaban J connectivity index is 2.11. The topological polar surface area (TPSA) is 75.6 Å². The molecule has 1 aliphatic rings. The molecule has 114 valence electrons. The van der Waals surface area contributed by atoms with Crippen molar-refractivity contribution in [1.82, 2.24) is 5.32 Å². The summed E-state index contributed by atoms with van der Waals surface area (Å²) in [6.45, 7) is 1.45. The van der Waals surface area contributed by atoms with Crippen molar-refractivity contribution in [3.8, 4) is 5.75 Å². The maximum absolute atomic E-state index is 11.7. The second kappa shape index (κ2) is 7.24. The van der Waals surface area contributed by atoms with Gasteiger partial charge < -0.3 is 15.2 Å². The standard InChI is InChI=1S/C15H13NO4S2/c1-9(13-14(19)16-15(21)22-13)5-6-10-3-2-4-11(7-10)20-8-12(17)18/h2-7H,8H2,1H3,(H,17,18)(H,16,19,21)/b6-5+,13-9+. The SMILES string of the molecule is CC(/C=C/c1cccc(OCC(=O)O)c1)=C1\SC(=S)NC1=O. The Morgan fingerprint density at radius 1 is 1.50 bits per heavy atom. The first kappa shape index (κ1) is 16.3. The molecule has 0 atom stereocenters. The first-order valence-electron chi connectivity index (χ1n) is 6.32. The van der Waals surface area contributed by atoms with Crippen molar-refractivity contribution < 1.29 is 19.4 Å². The minimum atomic E-state index is -1.03. The Morgan fingerprint density at radius 2 is 2.27 bits per heavy atom. The highest BCUT2D eigenvalue weighted by molar-refractivity contribution is 8.26. The van der Waals surface area contributed by atoms with E-state index in [1.165, 1.54) is 11.8 Å². The van der Waals surface area contributed by atoms with Gasteiger partial charge in [-0.3, -0.25) is 4.79 Å². The lowest BCUT2D eigenvalue weighted by atomic mass is 10.1. The third kappa shape index (κ3) is 4.44. The maximum Gasteiger partial charge on any atom is 0.341 e. The fourth-order valence-electron chi connectivity index (χ4n) is 1.72. The molecule has 2 rings (SSSR count). The van der Waals surface area contributed by atoms with E-state index < -0.39 is 5.97 Å². The van der Waals surface area contributed by atoms with Gasteiger partial charge in [0.2, 0.25) is 0 Å². The van der Waals surface area contributed by atoms with Crippen LogP contribution in [-0.4, -0.2) is 27.9 Å². The highest BCUT2D eigenvalue weighted by Crippen LogP contribution is 2.27. The summed E-state index contributed by atoms with van der Waals surface area (Å²) in [5, 5.41) is 11.2. The zero-order valence-electron chi connectivity index (χ0n) is 11.7. The van der Waals surface area contributed by atoms with E-state index in [1.54, 1.807) is 18.2 Å². The van der Waals surface area contributed by atoms with Crippen molar-refractivity contribution >= 4 is 46.3 Å². The van der Waals surface area contributed by atoms with E-state index in [4.69, 9.17) is 22.1 Å².